The Morgan fingerprint density at radius 1 is 1.22 bits per heavy atom. The maximum atomic E-state index is 14.1. The maximum Gasteiger partial charge on any atom is 0.418 e. The number of benzene rings is 2. The molecule has 0 aliphatic carbocycles. The molecular formula is C22H23ClFN5O3. The fraction of sp³-hybridized carbons (Fsp3) is 0.318. The van der Waals surface area contributed by atoms with Crippen molar-refractivity contribution in [1.29, 1.82) is 0 Å². The molecule has 1 aromatic heterocycles. The van der Waals surface area contributed by atoms with Gasteiger partial charge in [-0.15, -0.1) is 0 Å². The number of nitrogens with zero attached hydrogens (tertiary/aromatic N) is 4. The van der Waals surface area contributed by atoms with Gasteiger partial charge in [-0.25, -0.2) is 9.18 Å². The molecule has 0 saturated carbocycles. The maximum absolute atomic E-state index is 14.1. The van der Waals surface area contributed by atoms with Gasteiger partial charge >= 0.3 is 12.1 Å². The van der Waals surface area contributed by atoms with Crippen molar-refractivity contribution < 1.29 is 18.7 Å². The van der Waals surface area contributed by atoms with Crippen molar-refractivity contribution >= 4 is 34.3 Å². The van der Waals surface area contributed by atoms with Gasteiger partial charge in [0, 0.05) is 25.7 Å². The van der Waals surface area contributed by atoms with Gasteiger partial charge in [0.25, 0.3) is 0 Å². The van der Waals surface area contributed by atoms with E-state index in [9.17, 15) is 9.18 Å². The summed E-state index contributed by atoms with van der Waals surface area (Å²) in [4.78, 5) is 25.1. The van der Waals surface area contributed by atoms with Gasteiger partial charge in [-0.1, -0.05) is 29.8 Å². The van der Waals surface area contributed by atoms with E-state index in [4.69, 9.17) is 21.1 Å². The number of aromatic nitrogens is 2. The molecule has 0 unspecified atom stereocenters. The smallest absolute Gasteiger partial charge is 0.418 e. The Bertz CT molecular complexity index is 1130. The van der Waals surface area contributed by atoms with Crippen molar-refractivity contribution in [2.45, 2.75) is 13.0 Å². The monoisotopic (exact) mass is 459 g/mol. The summed E-state index contributed by atoms with van der Waals surface area (Å²) in [7, 11) is 2.01. The predicted molar refractivity (Wildman–Crippen MR) is 120 cm³/mol. The lowest BCUT2D eigenvalue weighted by Crippen LogP contribution is -2.53. The molecule has 1 fully saturated rings. The average Bonchev–Trinajstić information content (AvgIpc) is 2.76. The van der Waals surface area contributed by atoms with Crippen LogP contribution in [0.2, 0.25) is 5.02 Å². The molecule has 0 radical (unpaired) electrons. The van der Waals surface area contributed by atoms with E-state index in [1.54, 1.807) is 29.2 Å². The largest absolute Gasteiger partial charge is 0.456 e. The summed E-state index contributed by atoms with van der Waals surface area (Å²) in [6, 6.07) is 11.7. The number of hydrogen-bond donors (Lipinski definition) is 1. The van der Waals surface area contributed by atoms with Crippen molar-refractivity contribution in [2.75, 3.05) is 38.7 Å². The summed E-state index contributed by atoms with van der Waals surface area (Å²) >= 11 is 5.81. The molecule has 1 N–H and O–H groups in total. The summed E-state index contributed by atoms with van der Waals surface area (Å²) in [6.45, 7) is 3.96. The van der Waals surface area contributed by atoms with Gasteiger partial charge in [-0.3, -0.25) is 0 Å². The first kappa shape index (κ1) is 22.0. The molecule has 0 spiro atoms. The van der Waals surface area contributed by atoms with Crippen LogP contribution < -0.4 is 14.8 Å². The fourth-order valence-electron chi connectivity index (χ4n) is 3.55. The summed E-state index contributed by atoms with van der Waals surface area (Å²) in [6.07, 6.45) is -0.508. The number of hydrogen-bond acceptors (Lipinski definition) is 7. The number of ether oxygens (including phenoxy) is 2. The zero-order valence-corrected chi connectivity index (χ0v) is 18.5. The molecular weight excluding hydrogens is 437 g/mol. The number of fused-ring (bicyclic) bond motifs is 1. The van der Waals surface area contributed by atoms with Crippen LogP contribution in [-0.4, -0.2) is 65.3 Å². The van der Waals surface area contributed by atoms with Gasteiger partial charge in [-0.05, 0) is 38.2 Å². The van der Waals surface area contributed by atoms with Gasteiger partial charge in [0.2, 0.25) is 5.88 Å². The number of nitrogens with one attached hydrogen (secondary N) is 1. The van der Waals surface area contributed by atoms with E-state index in [0.29, 0.717) is 17.4 Å². The molecule has 32 heavy (non-hydrogen) atoms. The van der Waals surface area contributed by atoms with Crippen molar-refractivity contribution in [3.8, 4) is 11.9 Å². The number of para-hydroxylation sites is 1. The number of anilines is 1. The minimum Gasteiger partial charge on any atom is -0.456 e. The number of rotatable bonds is 5. The first-order chi connectivity index (χ1) is 15.4. The second-order valence-electron chi connectivity index (χ2n) is 7.57. The zero-order chi connectivity index (χ0) is 22.7. The minimum atomic E-state index is -0.568. The molecule has 8 nitrogen and oxygen atoms in total. The first-order valence-electron chi connectivity index (χ1n) is 10.2. The van der Waals surface area contributed by atoms with Crippen LogP contribution in [0.1, 0.15) is 6.92 Å². The number of carbonyl (C=O) groups is 1. The Morgan fingerprint density at radius 2 is 2.03 bits per heavy atom. The molecule has 2 aromatic carbocycles. The third-order valence-electron chi connectivity index (χ3n) is 5.21. The summed E-state index contributed by atoms with van der Waals surface area (Å²) < 4.78 is 25.3. The normalized spacial score (nSPS) is 16.8. The molecule has 2 heterocycles. The molecule has 1 atom stereocenters. The molecule has 1 aliphatic heterocycles. The number of carbonyl (C=O) groups excluding carboxylic acids is 1. The number of piperazine rings is 1. The highest BCUT2D eigenvalue weighted by Crippen LogP contribution is 2.26. The van der Waals surface area contributed by atoms with Crippen molar-refractivity contribution in [3.63, 3.8) is 0 Å². The van der Waals surface area contributed by atoms with Crippen LogP contribution in [0.25, 0.3) is 10.9 Å². The van der Waals surface area contributed by atoms with E-state index < -0.39 is 11.9 Å². The van der Waals surface area contributed by atoms with Gasteiger partial charge in [0.05, 0.1) is 21.6 Å². The zero-order valence-electron chi connectivity index (χ0n) is 17.7. The van der Waals surface area contributed by atoms with Gasteiger partial charge in [0.15, 0.2) is 12.5 Å². The van der Waals surface area contributed by atoms with Crippen LogP contribution in [0.3, 0.4) is 0 Å². The lowest BCUT2D eigenvalue weighted by molar-refractivity contribution is 0.0871. The van der Waals surface area contributed by atoms with E-state index in [0.717, 1.165) is 13.1 Å². The Morgan fingerprint density at radius 3 is 2.84 bits per heavy atom. The van der Waals surface area contributed by atoms with E-state index in [2.05, 4.69) is 20.2 Å². The molecule has 1 amide bonds. The second-order valence-corrected chi connectivity index (χ2v) is 7.98. The van der Waals surface area contributed by atoms with E-state index >= 15 is 0 Å². The Kier molecular flexibility index (Phi) is 6.57. The van der Waals surface area contributed by atoms with Crippen molar-refractivity contribution in [3.05, 3.63) is 53.3 Å². The molecule has 3 aromatic rings. The highest BCUT2D eigenvalue weighted by atomic mass is 35.5. The van der Waals surface area contributed by atoms with Crippen LogP contribution in [0.4, 0.5) is 14.9 Å². The Labute approximate surface area is 189 Å². The minimum absolute atomic E-state index is 0.00854. The van der Waals surface area contributed by atoms with Crippen LogP contribution in [0.15, 0.2) is 42.5 Å². The lowest BCUT2D eigenvalue weighted by Gasteiger charge is -2.37. The van der Waals surface area contributed by atoms with E-state index in [1.165, 1.54) is 6.07 Å². The van der Waals surface area contributed by atoms with E-state index in [-0.39, 0.29) is 35.4 Å². The number of halogens is 2. The molecule has 168 valence electrons. The molecule has 10 heteroatoms. The molecule has 0 bridgehead atoms. The Hall–Kier alpha value is -3.17. The topological polar surface area (TPSA) is 79.8 Å². The highest BCUT2D eigenvalue weighted by molar-refractivity contribution is 6.31. The van der Waals surface area contributed by atoms with Crippen LogP contribution >= 0.6 is 11.6 Å². The van der Waals surface area contributed by atoms with Gasteiger partial charge < -0.3 is 24.6 Å². The lowest BCUT2D eigenvalue weighted by atomic mass is 10.2. The quantitative estimate of drug-likeness (QED) is 0.577. The molecule has 4 rings (SSSR count). The van der Waals surface area contributed by atoms with Crippen LogP contribution in [-0.2, 0) is 0 Å². The third-order valence-corrected chi connectivity index (χ3v) is 5.51. The summed E-state index contributed by atoms with van der Waals surface area (Å²) in [5.74, 6) is -0.360. The third kappa shape index (κ3) is 4.84. The molecule has 1 saturated heterocycles. The number of amides is 1. The number of likely N-dealkylation sites (N-methyl/N-ethyl adjacent to an activating group) is 1. The van der Waals surface area contributed by atoms with E-state index in [1.807, 2.05) is 26.1 Å². The SMILES string of the molecule is C[C@H]1CN(C)CCN1C(=O)Oc1nc(OCNc2cccc(Cl)c2F)c2ccccc2n1. The second kappa shape index (κ2) is 9.54. The highest BCUT2D eigenvalue weighted by Gasteiger charge is 2.28. The van der Waals surface area contributed by atoms with Gasteiger partial charge in [0.1, 0.15) is 0 Å². The Balaban J connectivity index is 1.51. The van der Waals surface area contributed by atoms with Crippen LogP contribution in [0, 0.1) is 5.82 Å². The van der Waals surface area contributed by atoms with Crippen LogP contribution in [0.5, 0.6) is 11.9 Å². The molecule has 1 aliphatic rings. The summed E-state index contributed by atoms with van der Waals surface area (Å²) in [5.41, 5.74) is 0.757. The standard InChI is InChI=1S/C22H23ClFN5O3/c1-14-12-28(2)10-11-29(14)22(30)32-21-26-17-8-4-3-6-15(17)20(27-21)31-13-25-18-9-5-7-16(23)19(18)24/h3-9,14,25H,10-13H2,1-2H3/t14-/m0/s1. The first-order valence-corrected chi connectivity index (χ1v) is 10.5. The van der Waals surface area contributed by atoms with Crippen molar-refractivity contribution in [1.82, 2.24) is 19.8 Å². The fourth-order valence-corrected chi connectivity index (χ4v) is 3.73. The van der Waals surface area contributed by atoms with Gasteiger partial charge in [-0.2, -0.15) is 9.97 Å². The summed E-state index contributed by atoms with van der Waals surface area (Å²) in [5, 5.41) is 3.47. The average molecular weight is 460 g/mol. The van der Waals surface area contributed by atoms with Crippen molar-refractivity contribution in [2.24, 2.45) is 0 Å². The predicted octanol–water partition coefficient (Wildman–Crippen LogP) is 4.01.